The number of aliphatic hydroxyl groups excluding tert-OH is 2. The summed E-state index contributed by atoms with van der Waals surface area (Å²) in [5.41, 5.74) is 0.441. The van der Waals surface area contributed by atoms with Crippen molar-refractivity contribution in [1.29, 1.82) is 0 Å². The summed E-state index contributed by atoms with van der Waals surface area (Å²) in [7, 11) is -4.16. The Morgan fingerprint density at radius 2 is 1.59 bits per heavy atom. The van der Waals surface area contributed by atoms with Crippen molar-refractivity contribution < 1.29 is 23.4 Å². The SMILES string of the molecule is O=C(Nc1ccccc1)c1cc(S(=O)(=O)N(CCO)CCO)c(Cl)cc1Cl. The number of anilines is 1. The van der Waals surface area contributed by atoms with Crippen LogP contribution in [0.4, 0.5) is 5.69 Å². The van der Waals surface area contributed by atoms with Crippen molar-refractivity contribution >= 4 is 44.8 Å². The molecular weight excluding hydrogens is 415 g/mol. The Labute approximate surface area is 167 Å². The lowest BCUT2D eigenvalue weighted by atomic mass is 10.2. The first-order valence-corrected chi connectivity index (χ1v) is 10.1. The van der Waals surface area contributed by atoms with Crippen molar-refractivity contribution in [2.75, 3.05) is 31.6 Å². The van der Waals surface area contributed by atoms with E-state index in [9.17, 15) is 13.2 Å². The predicted octanol–water partition coefficient (Wildman–Crippen LogP) is 2.22. The number of sulfonamides is 1. The minimum Gasteiger partial charge on any atom is -0.395 e. The average molecular weight is 433 g/mol. The molecule has 27 heavy (non-hydrogen) atoms. The Bertz CT molecular complexity index is 901. The van der Waals surface area contributed by atoms with Crippen molar-refractivity contribution in [1.82, 2.24) is 4.31 Å². The smallest absolute Gasteiger partial charge is 0.257 e. The van der Waals surface area contributed by atoms with Gasteiger partial charge in [-0.2, -0.15) is 4.31 Å². The van der Waals surface area contributed by atoms with Gasteiger partial charge in [0.15, 0.2) is 0 Å². The molecule has 2 aromatic rings. The number of benzene rings is 2. The van der Waals surface area contributed by atoms with E-state index in [1.807, 2.05) is 0 Å². The molecule has 0 heterocycles. The van der Waals surface area contributed by atoms with Gasteiger partial charge in [-0.3, -0.25) is 4.79 Å². The van der Waals surface area contributed by atoms with E-state index in [0.29, 0.717) is 5.69 Å². The minimum atomic E-state index is -4.16. The maximum atomic E-state index is 12.8. The van der Waals surface area contributed by atoms with Crippen molar-refractivity contribution in [2.24, 2.45) is 0 Å². The van der Waals surface area contributed by atoms with Gasteiger partial charge in [-0.1, -0.05) is 41.4 Å². The molecular formula is C17H18Cl2N2O5S. The van der Waals surface area contributed by atoms with Crippen molar-refractivity contribution in [3.63, 3.8) is 0 Å². The second kappa shape index (κ2) is 9.50. The summed E-state index contributed by atoms with van der Waals surface area (Å²) >= 11 is 12.1. The Kier molecular flexibility index (Phi) is 7.60. The second-order valence-electron chi connectivity index (χ2n) is 5.43. The second-order valence-corrected chi connectivity index (χ2v) is 8.15. The van der Waals surface area contributed by atoms with E-state index in [0.717, 1.165) is 10.4 Å². The monoisotopic (exact) mass is 432 g/mol. The van der Waals surface area contributed by atoms with Crippen molar-refractivity contribution in [3.8, 4) is 0 Å². The Morgan fingerprint density at radius 1 is 1.00 bits per heavy atom. The van der Waals surface area contributed by atoms with Crippen LogP contribution in [0.3, 0.4) is 0 Å². The molecule has 146 valence electrons. The van der Waals surface area contributed by atoms with Gasteiger partial charge in [0, 0.05) is 18.8 Å². The standard InChI is InChI=1S/C17H18Cl2N2O5S/c18-14-11-15(19)16(27(25,26)21(6-8-22)7-9-23)10-13(14)17(24)20-12-4-2-1-3-5-12/h1-5,10-11,22-23H,6-9H2,(H,20,24). The molecule has 0 unspecified atom stereocenters. The maximum absolute atomic E-state index is 12.8. The number of rotatable bonds is 8. The van der Waals surface area contributed by atoms with E-state index in [1.165, 1.54) is 6.07 Å². The van der Waals surface area contributed by atoms with Crippen LogP contribution in [0.5, 0.6) is 0 Å². The normalized spacial score (nSPS) is 11.6. The molecule has 7 nitrogen and oxygen atoms in total. The molecule has 0 atom stereocenters. The lowest BCUT2D eigenvalue weighted by molar-refractivity contribution is 0.102. The molecule has 0 bridgehead atoms. The summed E-state index contributed by atoms with van der Waals surface area (Å²) in [6.07, 6.45) is 0. The molecule has 10 heteroatoms. The number of hydrogen-bond donors (Lipinski definition) is 3. The highest BCUT2D eigenvalue weighted by Crippen LogP contribution is 2.31. The third kappa shape index (κ3) is 5.19. The molecule has 0 spiro atoms. The summed E-state index contributed by atoms with van der Waals surface area (Å²) in [5.74, 6) is -0.602. The van der Waals surface area contributed by atoms with E-state index in [4.69, 9.17) is 33.4 Å². The largest absolute Gasteiger partial charge is 0.395 e. The van der Waals surface area contributed by atoms with Crippen LogP contribution in [0.2, 0.25) is 10.0 Å². The molecule has 0 saturated carbocycles. The third-order valence-electron chi connectivity index (χ3n) is 3.61. The van der Waals surface area contributed by atoms with Gasteiger partial charge in [-0.15, -0.1) is 0 Å². The molecule has 0 radical (unpaired) electrons. The number of para-hydroxylation sites is 1. The molecule has 1 amide bonds. The molecule has 2 aromatic carbocycles. The lowest BCUT2D eigenvalue weighted by Crippen LogP contribution is -2.36. The fraction of sp³-hybridized carbons (Fsp3) is 0.235. The average Bonchev–Trinajstić information content (AvgIpc) is 2.62. The minimum absolute atomic E-state index is 0.0109. The summed E-state index contributed by atoms with van der Waals surface area (Å²) in [6.45, 7) is -1.33. The van der Waals surface area contributed by atoms with E-state index in [-0.39, 0.29) is 33.6 Å². The summed E-state index contributed by atoms with van der Waals surface area (Å²) < 4.78 is 26.5. The van der Waals surface area contributed by atoms with Crippen LogP contribution in [-0.2, 0) is 10.0 Å². The van der Waals surface area contributed by atoms with E-state index >= 15 is 0 Å². The van der Waals surface area contributed by atoms with Gasteiger partial charge in [0.2, 0.25) is 10.0 Å². The molecule has 2 rings (SSSR count). The molecule has 0 aromatic heterocycles. The number of carbonyl (C=O) groups excluding carboxylic acids is 1. The van der Waals surface area contributed by atoms with Crippen molar-refractivity contribution in [3.05, 3.63) is 58.1 Å². The van der Waals surface area contributed by atoms with Crippen LogP contribution in [0.1, 0.15) is 10.4 Å². The molecule has 0 saturated heterocycles. The van der Waals surface area contributed by atoms with Crippen LogP contribution >= 0.6 is 23.2 Å². The summed E-state index contributed by atoms with van der Waals surface area (Å²) in [6, 6.07) is 10.8. The van der Waals surface area contributed by atoms with Gasteiger partial charge in [-0.05, 0) is 24.3 Å². The van der Waals surface area contributed by atoms with Crippen LogP contribution < -0.4 is 5.32 Å². The number of halogens is 2. The first-order valence-electron chi connectivity index (χ1n) is 7.88. The first kappa shape index (κ1) is 21.6. The zero-order chi connectivity index (χ0) is 20.0. The maximum Gasteiger partial charge on any atom is 0.257 e. The van der Waals surface area contributed by atoms with Gasteiger partial charge < -0.3 is 15.5 Å². The van der Waals surface area contributed by atoms with Gasteiger partial charge in [0.1, 0.15) is 4.90 Å². The van der Waals surface area contributed by atoms with E-state index < -0.39 is 29.1 Å². The molecule has 0 fully saturated rings. The van der Waals surface area contributed by atoms with Crippen molar-refractivity contribution in [2.45, 2.75) is 4.90 Å². The number of amides is 1. The van der Waals surface area contributed by atoms with Crippen LogP contribution in [-0.4, -0.2) is 55.1 Å². The first-order chi connectivity index (χ1) is 12.8. The number of nitrogens with one attached hydrogen (secondary N) is 1. The van der Waals surface area contributed by atoms with E-state index in [2.05, 4.69) is 5.32 Å². The van der Waals surface area contributed by atoms with Crippen LogP contribution in [0.15, 0.2) is 47.4 Å². The highest BCUT2D eigenvalue weighted by molar-refractivity contribution is 7.89. The number of aliphatic hydroxyl groups is 2. The lowest BCUT2D eigenvalue weighted by Gasteiger charge is -2.21. The molecule has 0 aliphatic rings. The zero-order valence-corrected chi connectivity index (χ0v) is 16.4. The molecule has 3 N–H and O–H groups in total. The molecule has 0 aliphatic carbocycles. The molecule has 0 aliphatic heterocycles. The Balaban J connectivity index is 2.44. The van der Waals surface area contributed by atoms with Gasteiger partial charge in [-0.25, -0.2) is 8.42 Å². The zero-order valence-electron chi connectivity index (χ0n) is 14.1. The van der Waals surface area contributed by atoms with Gasteiger partial charge in [0.05, 0.1) is 28.8 Å². The quantitative estimate of drug-likeness (QED) is 0.592. The fourth-order valence-corrected chi connectivity index (χ4v) is 4.59. The predicted molar refractivity (Wildman–Crippen MR) is 104 cm³/mol. The summed E-state index contributed by atoms with van der Waals surface area (Å²) in [5, 5.41) is 20.6. The summed E-state index contributed by atoms with van der Waals surface area (Å²) in [4.78, 5) is 12.2. The highest BCUT2D eigenvalue weighted by atomic mass is 35.5. The van der Waals surface area contributed by atoms with E-state index in [1.54, 1.807) is 30.3 Å². The fourth-order valence-electron chi connectivity index (χ4n) is 2.34. The Hall–Kier alpha value is -1.68. The number of nitrogens with zero attached hydrogens (tertiary/aromatic N) is 1. The highest BCUT2D eigenvalue weighted by Gasteiger charge is 2.28. The van der Waals surface area contributed by atoms with Gasteiger partial charge >= 0.3 is 0 Å². The third-order valence-corrected chi connectivity index (χ3v) is 6.29. The number of hydrogen-bond acceptors (Lipinski definition) is 5. The topological polar surface area (TPSA) is 107 Å². The van der Waals surface area contributed by atoms with Crippen LogP contribution in [0, 0.1) is 0 Å². The van der Waals surface area contributed by atoms with Gasteiger partial charge in [0.25, 0.3) is 5.91 Å². The Morgan fingerprint density at radius 3 is 2.15 bits per heavy atom. The number of carbonyl (C=O) groups is 1. The van der Waals surface area contributed by atoms with Crippen LogP contribution in [0.25, 0.3) is 0 Å².